The number of carbonyl (C=O) groups is 1. The summed E-state index contributed by atoms with van der Waals surface area (Å²) in [6, 6.07) is 4.20. The van der Waals surface area contributed by atoms with Gasteiger partial charge < -0.3 is 15.4 Å². The summed E-state index contributed by atoms with van der Waals surface area (Å²) in [5.41, 5.74) is 5.76. The fourth-order valence-electron chi connectivity index (χ4n) is 2.62. The van der Waals surface area contributed by atoms with Gasteiger partial charge in [0.25, 0.3) is 5.91 Å². The minimum absolute atomic E-state index is 0. The molecule has 1 aliphatic heterocycles. The standard InChI is InChI=1S/C15H20BrFN2O2.ClH/c1-10-4-5-19(12(6-10)8-18)15(20)9-21-14-3-2-11(17)7-13(14)16;/h2-3,7,10,12H,4-6,8-9,18H2,1H3;1H. The summed E-state index contributed by atoms with van der Waals surface area (Å²) < 4.78 is 19.0. The maximum atomic E-state index is 13.0. The Hall–Kier alpha value is -0.850. The molecule has 1 amide bonds. The molecule has 0 bridgehead atoms. The number of benzene rings is 1. The highest BCUT2D eigenvalue weighted by Gasteiger charge is 2.29. The number of halogens is 3. The van der Waals surface area contributed by atoms with E-state index in [9.17, 15) is 9.18 Å². The highest BCUT2D eigenvalue weighted by molar-refractivity contribution is 9.10. The highest BCUT2D eigenvalue weighted by Crippen LogP contribution is 2.26. The lowest BCUT2D eigenvalue weighted by molar-refractivity contribution is -0.137. The van der Waals surface area contributed by atoms with Crippen molar-refractivity contribution < 1.29 is 13.9 Å². The van der Waals surface area contributed by atoms with E-state index in [4.69, 9.17) is 10.5 Å². The summed E-state index contributed by atoms with van der Waals surface area (Å²) in [7, 11) is 0. The fraction of sp³-hybridized carbons (Fsp3) is 0.533. The van der Waals surface area contributed by atoms with Gasteiger partial charge in [0.05, 0.1) is 4.47 Å². The van der Waals surface area contributed by atoms with Crippen LogP contribution in [0, 0.1) is 11.7 Å². The summed E-state index contributed by atoms with van der Waals surface area (Å²) in [6.07, 6.45) is 1.92. The van der Waals surface area contributed by atoms with Gasteiger partial charge in [-0.2, -0.15) is 0 Å². The number of amides is 1. The molecular formula is C15H21BrClFN2O2. The maximum Gasteiger partial charge on any atom is 0.260 e. The van der Waals surface area contributed by atoms with Crippen molar-refractivity contribution in [3.8, 4) is 5.75 Å². The molecule has 22 heavy (non-hydrogen) atoms. The Bertz CT molecular complexity index is 518. The quantitative estimate of drug-likeness (QED) is 0.853. The lowest BCUT2D eigenvalue weighted by Crippen LogP contribution is -2.50. The van der Waals surface area contributed by atoms with Crippen LogP contribution in [0.4, 0.5) is 4.39 Å². The molecule has 1 aromatic carbocycles. The van der Waals surface area contributed by atoms with Gasteiger partial charge in [0.1, 0.15) is 11.6 Å². The summed E-state index contributed by atoms with van der Waals surface area (Å²) >= 11 is 3.22. The van der Waals surface area contributed by atoms with Crippen LogP contribution in [0.25, 0.3) is 0 Å². The fourth-order valence-corrected chi connectivity index (χ4v) is 3.08. The van der Waals surface area contributed by atoms with Crippen LogP contribution in [0.15, 0.2) is 22.7 Å². The number of nitrogens with zero attached hydrogens (tertiary/aromatic N) is 1. The number of hydrogen-bond acceptors (Lipinski definition) is 3. The molecule has 1 heterocycles. The third-order valence-electron chi connectivity index (χ3n) is 3.82. The summed E-state index contributed by atoms with van der Waals surface area (Å²) in [6.45, 7) is 3.30. The van der Waals surface area contributed by atoms with Crippen molar-refractivity contribution in [1.82, 2.24) is 4.90 Å². The van der Waals surface area contributed by atoms with Crippen LogP contribution < -0.4 is 10.5 Å². The van der Waals surface area contributed by atoms with E-state index in [2.05, 4.69) is 22.9 Å². The molecule has 0 saturated carbocycles. The lowest BCUT2D eigenvalue weighted by Gasteiger charge is -2.37. The SMILES string of the molecule is CC1CCN(C(=O)COc2ccc(F)cc2Br)C(CN)C1.Cl. The number of piperidine rings is 1. The van der Waals surface area contributed by atoms with Crippen LogP contribution in [0.2, 0.25) is 0 Å². The molecule has 2 atom stereocenters. The van der Waals surface area contributed by atoms with E-state index in [1.54, 1.807) is 4.90 Å². The molecule has 1 fully saturated rings. The highest BCUT2D eigenvalue weighted by atomic mass is 79.9. The van der Waals surface area contributed by atoms with Gasteiger partial charge in [-0.3, -0.25) is 4.79 Å². The van der Waals surface area contributed by atoms with E-state index in [0.717, 1.165) is 19.4 Å². The maximum absolute atomic E-state index is 13.0. The number of ether oxygens (including phenoxy) is 1. The summed E-state index contributed by atoms with van der Waals surface area (Å²) in [5, 5.41) is 0. The van der Waals surface area contributed by atoms with Crippen LogP contribution in [-0.2, 0) is 4.79 Å². The first-order valence-corrected chi connectivity index (χ1v) is 7.88. The van der Waals surface area contributed by atoms with Crippen molar-refractivity contribution in [2.45, 2.75) is 25.8 Å². The van der Waals surface area contributed by atoms with Crippen LogP contribution in [-0.4, -0.2) is 36.5 Å². The van der Waals surface area contributed by atoms with E-state index in [-0.39, 0.29) is 36.8 Å². The topological polar surface area (TPSA) is 55.6 Å². The largest absolute Gasteiger partial charge is 0.483 e. The van der Waals surface area contributed by atoms with Crippen LogP contribution in [0.3, 0.4) is 0 Å². The summed E-state index contributed by atoms with van der Waals surface area (Å²) in [4.78, 5) is 14.1. The van der Waals surface area contributed by atoms with Gasteiger partial charge in [0, 0.05) is 19.1 Å². The molecule has 0 radical (unpaired) electrons. The van der Waals surface area contributed by atoms with E-state index in [1.165, 1.54) is 18.2 Å². The number of rotatable bonds is 4. The Kier molecular flexibility index (Phi) is 7.59. The Morgan fingerprint density at radius 3 is 2.91 bits per heavy atom. The van der Waals surface area contributed by atoms with E-state index >= 15 is 0 Å². The summed E-state index contributed by atoms with van der Waals surface area (Å²) in [5.74, 6) is 0.622. The average Bonchev–Trinajstić information content (AvgIpc) is 2.45. The zero-order chi connectivity index (χ0) is 15.4. The molecular weight excluding hydrogens is 375 g/mol. The molecule has 0 aromatic heterocycles. The van der Waals surface area contributed by atoms with Gasteiger partial charge in [0.15, 0.2) is 6.61 Å². The Morgan fingerprint density at radius 1 is 1.55 bits per heavy atom. The third kappa shape index (κ3) is 4.83. The minimum atomic E-state index is -0.353. The predicted molar refractivity (Wildman–Crippen MR) is 89.8 cm³/mol. The Morgan fingerprint density at radius 2 is 2.27 bits per heavy atom. The van der Waals surface area contributed by atoms with Gasteiger partial charge in [0.2, 0.25) is 0 Å². The molecule has 2 unspecified atom stereocenters. The second kappa shape index (κ2) is 8.70. The molecule has 4 nitrogen and oxygen atoms in total. The van der Waals surface area contributed by atoms with Crippen molar-refractivity contribution in [1.29, 1.82) is 0 Å². The van der Waals surface area contributed by atoms with Gasteiger partial charge in [-0.25, -0.2) is 4.39 Å². The molecule has 124 valence electrons. The Labute approximate surface area is 144 Å². The van der Waals surface area contributed by atoms with Gasteiger partial charge in [-0.15, -0.1) is 12.4 Å². The first kappa shape index (κ1) is 19.2. The zero-order valence-electron chi connectivity index (χ0n) is 12.4. The van der Waals surface area contributed by atoms with Crippen LogP contribution in [0.1, 0.15) is 19.8 Å². The average molecular weight is 396 g/mol. The number of carbonyl (C=O) groups excluding carboxylic acids is 1. The molecule has 1 aromatic rings. The molecule has 0 spiro atoms. The van der Waals surface area contributed by atoms with Crippen LogP contribution in [0.5, 0.6) is 5.75 Å². The second-order valence-electron chi connectivity index (χ2n) is 5.47. The predicted octanol–water partition coefficient (Wildman–Crippen LogP) is 2.97. The van der Waals surface area contributed by atoms with E-state index < -0.39 is 0 Å². The van der Waals surface area contributed by atoms with Crippen molar-refractivity contribution >= 4 is 34.2 Å². The molecule has 2 N–H and O–H groups in total. The van der Waals surface area contributed by atoms with Gasteiger partial charge in [-0.05, 0) is 52.9 Å². The second-order valence-corrected chi connectivity index (χ2v) is 6.32. The molecule has 2 rings (SSSR count). The number of likely N-dealkylation sites (tertiary alicyclic amines) is 1. The number of nitrogens with two attached hydrogens (primary N) is 1. The van der Waals surface area contributed by atoms with Gasteiger partial charge >= 0.3 is 0 Å². The van der Waals surface area contributed by atoms with Crippen molar-refractivity contribution in [2.75, 3.05) is 19.7 Å². The Balaban J connectivity index is 0.00000242. The molecule has 7 heteroatoms. The van der Waals surface area contributed by atoms with Gasteiger partial charge in [-0.1, -0.05) is 6.92 Å². The molecule has 0 aliphatic carbocycles. The lowest BCUT2D eigenvalue weighted by atomic mass is 9.92. The zero-order valence-corrected chi connectivity index (χ0v) is 14.8. The number of hydrogen-bond donors (Lipinski definition) is 1. The van der Waals surface area contributed by atoms with Crippen molar-refractivity contribution in [2.24, 2.45) is 11.7 Å². The molecule has 1 aliphatic rings. The van der Waals surface area contributed by atoms with Crippen molar-refractivity contribution in [3.63, 3.8) is 0 Å². The van der Waals surface area contributed by atoms with E-state index in [1.807, 2.05) is 0 Å². The molecule has 1 saturated heterocycles. The third-order valence-corrected chi connectivity index (χ3v) is 4.44. The van der Waals surface area contributed by atoms with E-state index in [0.29, 0.717) is 22.7 Å². The van der Waals surface area contributed by atoms with Crippen LogP contribution >= 0.6 is 28.3 Å². The minimum Gasteiger partial charge on any atom is -0.483 e. The first-order valence-electron chi connectivity index (χ1n) is 7.08. The normalized spacial score (nSPS) is 21.2. The first-order chi connectivity index (χ1) is 10.0. The smallest absolute Gasteiger partial charge is 0.260 e. The van der Waals surface area contributed by atoms with Crippen molar-refractivity contribution in [3.05, 3.63) is 28.5 Å². The monoisotopic (exact) mass is 394 g/mol.